The van der Waals surface area contributed by atoms with Crippen LogP contribution in [0.2, 0.25) is 0 Å². The molecule has 0 aromatic heterocycles. The number of hydrogen-bond donors (Lipinski definition) is 2. The highest BCUT2D eigenvalue weighted by Crippen LogP contribution is 2.62. The smallest absolute Gasteiger partial charge is 0.286 e. The summed E-state index contributed by atoms with van der Waals surface area (Å²) in [6.45, 7) is 0.923. The zero-order valence-corrected chi connectivity index (χ0v) is 21.9. The van der Waals surface area contributed by atoms with Gasteiger partial charge in [-0.3, -0.25) is 4.79 Å². The van der Waals surface area contributed by atoms with E-state index >= 15 is 0 Å². The highest BCUT2D eigenvalue weighted by atomic mass is 32.2. The SMILES string of the molecule is O=C1N=C(N2CCCC2CO)SC1=Cc1cccc(-c2ccc(O)c(C34CC5CC(CC(C5)C3)C4)c2)c1. The van der Waals surface area contributed by atoms with Crippen LogP contribution in [0.15, 0.2) is 52.4 Å². The molecule has 1 atom stereocenters. The number of hydrogen-bond acceptors (Lipinski definition) is 5. The lowest BCUT2D eigenvalue weighted by atomic mass is 9.48. The minimum Gasteiger partial charge on any atom is -0.508 e. The Hall–Kier alpha value is -2.57. The molecule has 192 valence electrons. The number of amidine groups is 1. The third-order valence-electron chi connectivity index (χ3n) is 9.57. The summed E-state index contributed by atoms with van der Waals surface area (Å²) in [6.07, 6.45) is 11.7. The van der Waals surface area contributed by atoms with Gasteiger partial charge in [0.2, 0.25) is 0 Å². The van der Waals surface area contributed by atoms with Gasteiger partial charge in [0.25, 0.3) is 5.91 Å². The number of amides is 1. The van der Waals surface area contributed by atoms with Crippen molar-refractivity contribution in [1.82, 2.24) is 4.90 Å². The molecule has 0 radical (unpaired) electrons. The van der Waals surface area contributed by atoms with E-state index in [2.05, 4.69) is 28.1 Å². The van der Waals surface area contributed by atoms with E-state index in [4.69, 9.17) is 0 Å². The van der Waals surface area contributed by atoms with Crippen LogP contribution < -0.4 is 0 Å². The lowest BCUT2D eigenvalue weighted by Crippen LogP contribution is -2.48. The van der Waals surface area contributed by atoms with Crippen LogP contribution in [0.5, 0.6) is 5.75 Å². The highest BCUT2D eigenvalue weighted by molar-refractivity contribution is 8.18. The van der Waals surface area contributed by atoms with Gasteiger partial charge in [0.1, 0.15) is 5.75 Å². The first-order valence-corrected chi connectivity index (χ1v) is 14.7. The number of likely N-dealkylation sites (tertiary alicyclic amines) is 1. The fourth-order valence-electron chi connectivity index (χ4n) is 8.34. The molecule has 5 nitrogen and oxygen atoms in total. The number of aromatic hydroxyl groups is 1. The molecule has 6 aliphatic rings. The average Bonchev–Trinajstić information content (AvgIpc) is 3.50. The van der Waals surface area contributed by atoms with E-state index in [-0.39, 0.29) is 24.0 Å². The highest BCUT2D eigenvalue weighted by Gasteiger charge is 2.52. The van der Waals surface area contributed by atoms with Gasteiger partial charge in [-0.1, -0.05) is 24.3 Å². The number of phenolic OH excluding ortho intramolecular Hbond substituents is 1. The molecule has 6 heteroatoms. The van der Waals surface area contributed by atoms with E-state index in [0.29, 0.717) is 15.8 Å². The number of aliphatic hydroxyl groups excluding tert-OH is 1. The molecule has 0 spiro atoms. The fraction of sp³-hybridized carbons (Fsp3) is 0.484. The van der Waals surface area contributed by atoms with Crippen LogP contribution in [0, 0.1) is 17.8 Å². The number of aliphatic hydroxyl groups is 1. The summed E-state index contributed by atoms with van der Waals surface area (Å²) in [5, 5.41) is 21.4. The van der Waals surface area contributed by atoms with Gasteiger partial charge in [-0.25, -0.2) is 0 Å². The van der Waals surface area contributed by atoms with Gasteiger partial charge >= 0.3 is 0 Å². The predicted octanol–water partition coefficient (Wildman–Crippen LogP) is 5.95. The first kappa shape index (κ1) is 23.5. The topological polar surface area (TPSA) is 73.1 Å². The van der Waals surface area contributed by atoms with Gasteiger partial charge < -0.3 is 15.1 Å². The lowest BCUT2D eigenvalue weighted by molar-refractivity contribution is -0.113. The maximum Gasteiger partial charge on any atom is 0.286 e. The van der Waals surface area contributed by atoms with E-state index in [0.717, 1.165) is 59.4 Å². The summed E-state index contributed by atoms with van der Waals surface area (Å²) in [5.74, 6) is 2.72. The molecule has 5 fully saturated rings. The van der Waals surface area contributed by atoms with Gasteiger partial charge in [-0.15, -0.1) is 0 Å². The Bertz CT molecular complexity index is 1280. The Balaban J connectivity index is 1.16. The number of rotatable bonds is 4. The van der Waals surface area contributed by atoms with Crippen molar-refractivity contribution in [2.45, 2.75) is 62.8 Å². The summed E-state index contributed by atoms with van der Waals surface area (Å²) in [7, 11) is 0. The zero-order chi connectivity index (χ0) is 25.1. The molecule has 4 saturated carbocycles. The van der Waals surface area contributed by atoms with Crippen molar-refractivity contribution in [3.05, 3.63) is 58.5 Å². The molecule has 1 saturated heterocycles. The molecule has 2 aliphatic heterocycles. The second-order valence-electron chi connectivity index (χ2n) is 12.0. The summed E-state index contributed by atoms with van der Waals surface area (Å²) in [4.78, 5) is 19.7. The third kappa shape index (κ3) is 4.13. The fourth-order valence-corrected chi connectivity index (χ4v) is 9.35. The monoisotopic (exact) mass is 514 g/mol. The van der Waals surface area contributed by atoms with Crippen LogP contribution in [0.25, 0.3) is 17.2 Å². The second-order valence-corrected chi connectivity index (χ2v) is 13.0. The Labute approximate surface area is 222 Å². The number of phenols is 1. The molecule has 4 aliphatic carbocycles. The van der Waals surface area contributed by atoms with Crippen molar-refractivity contribution in [3.63, 3.8) is 0 Å². The number of nitrogens with zero attached hydrogens (tertiary/aromatic N) is 2. The molecule has 2 aromatic rings. The Morgan fingerprint density at radius 2 is 1.76 bits per heavy atom. The normalized spacial score (nSPS) is 33.5. The van der Waals surface area contributed by atoms with Crippen molar-refractivity contribution < 1.29 is 15.0 Å². The van der Waals surface area contributed by atoms with E-state index in [9.17, 15) is 15.0 Å². The molecule has 2 heterocycles. The van der Waals surface area contributed by atoms with Crippen molar-refractivity contribution in [1.29, 1.82) is 0 Å². The van der Waals surface area contributed by atoms with Crippen LogP contribution in [0.4, 0.5) is 0 Å². The molecule has 4 bridgehead atoms. The van der Waals surface area contributed by atoms with E-state index < -0.39 is 0 Å². The van der Waals surface area contributed by atoms with Crippen molar-refractivity contribution >= 4 is 28.9 Å². The Kier molecular flexibility index (Phi) is 5.74. The molecule has 1 unspecified atom stereocenters. The van der Waals surface area contributed by atoms with Crippen LogP contribution in [0.3, 0.4) is 0 Å². The standard InChI is InChI=1S/C31H34N2O3S/c34-18-25-5-2-8-33(25)30-32-29(36)28(37-30)13-19-3-1-4-23(12-19)24-6-7-27(35)26(14-24)31-15-20-9-21(16-31)11-22(10-20)17-31/h1,3-4,6-7,12-14,20-22,25,34-35H,2,5,8-11,15-18H2. The van der Waals surface area contributed by atoms with Crippen LogP contribution in [-0.4, -0.2) is 45.4 Å². The molecule has 2 N–H and O–H groups in total. The van der Waals surface area contributed by atoms with Crippen molar-refractivity contribution in [2.75, 3.05) is 13.2 Å². The number of thioether (sulfide) groups is 1. The van der Waals surface area contributed by atoms with Crippen molar-refractivity contribution in [2.24, 2.45) is 22.7 Å². The first-order valence-electron chi connectivity index (χ1n) is 13.8. The number of carbonyl (C=O) groups is 1. The summed E-state index contributed by atoms with van der Waals surface area (Å²) < 4.78 is 0. The number of benzene rings is 2. The lowest BCUT2D eigenvalue weighted by Gasteiger charge is -2.57. The number of carbonyl (C=O) groups excluding carboxylic acids is 1. The minimum absolute atomic E-state index is 0.0550. The van der Waals surface area contributed by atoms with Gasteiger partial charge in [0.15, 0.2) is 5.17 Å². The van der Waals surface area contributed by atoms with E-state index in [1.165, 1.54) is 50.3 Å². The second kappa shape index (κ2) is 9.02. The minimum atomic E-state index is -0.206. The molecule has 1 amide bonds. The summed E-state index contributed by atoms with van der Waals surface area (Å²) in [5.41, 5.74) is 4.47. The first-order chi connectivity index (χ1) is 18.0. The van der Waals surface area contributed by atoms with Gasteiger partial charge in [0.05, 0.1) is 17.6 Å². The average molecular weight is 515 g/mol. The van der Waals surface area contributed by atoms with Gasteiger partial charge in [0, 0.05) is 12.1 Å². The summed E-state index contributed by atoms with van der Waals surface area (Å²) >= 11 is 1.41. The van der Waals surface area contributed by atoms with Crippen LogP contribution in [0.1, 0.15) is 62.5 Å². The van der Waals surface area contributed by atoms with Gasteiger partial charge in [-0.2, -0.15) is 4.99 Å². The Morgan fingerprint density at radius 1 is 1.03 bits per heavy atom. The molecule has 8 rings (SSSR count). The zero-order valence-electron chi connectivity index (χ0n) is 21.1. The maximum atomic E-state index is 12.7. The van der Waals surface area contributed by atoms with E-state index in [1.807, 2.05) is 30.3 Å². The molecular weight excluding hydrogens is 480 g/mol. The summed E-state index contributed by atoms with van der Waals surface area (Å²) in [6, 6.07) is 14.5. The quantitative estimate of drug-likeness (QED) is 0.493. The van der Waals surface area contributed by atoms with Crippen LogP contribution in [-0.2, 0) is 10.2 Å². The van der Waals surface area contributed by atoms with E-state index in [1.54, 1.807) is 0 Å². The largest absolute Gasteiger partial charge is 0.508 e. The predicted molar refractivity (Wildman–Crippen MR) is 148 cm³/mol. The van der Waals surface area contributed by atoms with Crippen LogP contribution >= 0.6 is 11.8 Å². The van der Waals surface area contributed by atoms with Gasteiger partial charge in [-0.05, 0) is 127 Å². The molecular formula is C31H34N2O3S. The van der Waals surface area contributed by atoms with Crippen molar-refractivity contribution in [3.8, 4) is 16.9 Å². The Morgan fingerprint density at radius 3 is 2.49 bits per heavy atom. The maximum absolute atomic E-state index is 12.7. The molecule has 37 heavy (non-hydrogen) atoms. The third-order valence-corrected chi connectivity index (χ3v) is 10.6. The molecule has 2 aromatic carbocycles. The number of aliphatic imine (C=N–C) groups is 1.